The van der Waals surface area contributed by atoms with Crippen molar-refractivity contribution < 1.29 is 23.1 Å². The second kappa shape index (κ2) is 7.28. The first kappa shape index (κ1) is 19.3. The van der Waals surface area contributed by atoms with Gasteiger partial charge >= 0.3 is 12.1 Å². The molecule has 27 heavy (non-hydrogen) atoms. The van der Waals surface area contributed by atoms with Gasteiger partial charge in [-0.3, -0.25) is 0 Å². The van der Waals surface area contributed by atoms with Gasteiger partial charge in [0.1, 0.15) is 11.4 Å². The van der Waals surface area contributed by atoms with Gasteiger partial charge in [0.25, 0.3) is 0 Å². The maximum Gasteiger partial charge on any atom is 0.417 e. The number of aromatic carboxylic acids is 1. The summed E-state index contributed by atoms with van der Waals surface area (Å²) in [7, 11) is 0. The van der Waals surface area contributed by atoms with Crippen LogP contribution in [0.5, 0.6) is 0 Å². The van der Waals surface area contributed by atoms with Gasteiger partial charge in [0.2, 0.25) is 0 Å². The summed E-state index contributed by atoms with van der Waals surface area (Å²) in [6, 6.07) is 4.39. The molecule has 0 bridgehead atoms. The summed E-state index contributed by atoms with van der Waals surface area (Å²) in [5.74, 6) is -1.51. The molecule has 0 aliphatic heterocycles. The van der Waals surface area contributed by atoms with Crippen LogP contribution >= 0.6 is 22.7 Å². The third-order valence-corrected chi connectivity index (χ3v) is 5.75. The number of thiophene rings is 1. The van der Waals surface area contributed by atoms with E-state index in [9.17, 15) is 23.1 Å². The molecule has 0 unspecified atom stereocenters. The topological polar surface area (TPSA) is 75.1 Å². The smallest absolute Gasteiger partial charge is 0.417 e. The number of hydrogen-bond donors (Lipinski definition) is 2. The van der Waals surface area contributed by atoms with E-state index in [2.05, 4.69) is 15.3 Å². The van der Waals surface area contributed by atoms with Crippen LogP contribution in [0, 0.1) is 0 Å². The molecule has 142 valence electrons. The van der Waals surface area contributed by atoms with E-state index in [1.807, 2.05) is 31.4 Å². The van der Waals surface area contributed by atoms with Gasteiger partial charge in [0, 0.05) is 11.1 Å². The maximum absolute atomic E-state index is 12.8. The minimum atomic E-state index is -4.67. The second-order valence-corrected chi connectivity index (χ2v) is 7.89. The number of carboxylic acid groups (broad SMARTS) is 1. The molecule has 0 amide bonds. The highest BCUT2D eigenvalue weighted by Crippen LogP contribution is 2.39. The number of nitrogens with one attached hydrogen (secondary N) is 1. The van der Waals surface area contributed by atoms with Crippen molar-refractivity contribution in [3.05, 3.63) is 45.8 Å². The van der Waals surface area contributed by atoms with Gasteiger partial charge in [-0.2, -0.15) is 13.2 Å². The molecular formula is C17H14F3N3O2S2. The number of aromatic nitrogens is 2. The molecule has 3 rings (SSSR count). The zero-order valence-corrected chi connectivity index (χ0v) is 15.8. The SMILES string of the molecule is CC(C)c1sc(Nc2ncc(C(F)(F)F)cc2C(=O)O)nc1-c1cccs1. The van der Waals surface area contributed by atoms with Crippen LogP contribution in [0.1, 0.15) is 40.6 Å². The molecule has 3 heterocycles. The highest BCUT2D eigenvalue weighted by molar-refractivity contribution is 7.17. The van der Waals surface area contributed by atoms with E-state index in [-0.39, 0.29) is 11.7 Å². The van der Waals surface area contributed by atoms with Gasteiger partial charge in [-0.05, 0) is 23.4 Å². The molecule has 0 saturated heterocycles. The number of pyridine rings is 1. The van der Waals surface area contributed by atoms with Crippen molar-refractivity contribution in [3.8, 4) is 10.6 Å². The Hall–Kier alpha value is -2.46. The van der Waals surface area contributed by atoms with Crippen LogP contribution in [-0.2, 0) is 6.18 Å². The number of halogens is 3. The Kier molecular flexibility index (Phi) is 5.20. The standard InChI is InChI=1S/C17H14F3N3O2S2/c1-8(2)13-12(11-4-3-5-26-11)22-16(27-13)23-14-10(15(24)25)6-9(7-21-14)17(18,19)20/h3-8H,1-2H3,(H,24,25)(H,21,22,23). The lowest BCUT2D eigenvalue weighted by Gasteiger charge is -2.10. The third-order valence-electron chi connectivity index (χ3n) is 3.60. The minimum Gasteiger partial charge on any atom is -0.478 e. The number of alkyl halides is 3. The van der Waals surface area contributed by atoms with Crippen LogP contribution in [0.4, 0.5) is 24.1 Å². The van der Waals surface area contributed by atoms with E-state index < -0.39 is 23.3 Å². The molecule has 5 nitrogen and oxygen atoms in total. The Morgan fingerprint density at radius 3 is 2.63 bits per heavy atom. The average Bonchev–Trinajstić information content (AvgIpc) is 3.22. The number of hydrogen-bond acceptors (Lipinski definition) is 6. The normalized spacial score (nSPS) is 11.8. The van der Waals surface area contributed by atoms with Gasteiger partial charge in [-0.15, -0.1) is 22.7 Å². The fraction of sp³-hybridized carbons (Fsp3) is 0.235. The van der Waals surface area contributed by atoms with Crippen molar-refractivity contribution in [1.82, 2.24) is 9.97 Å². The van der Waals surface area contributed by atoms with Crippen LogP contribution in [0.3, 0.4) is 0 Å². The Balaban J connectivity index is 2.00. The predicted octanol–water partition coefficient (Wildman–Crippen LogP) is 5.85. The zero-order valence-electron chi connectivity index (χ0n) is 14.2. The Morgan fingerprint density at radius 2 is 2.07 bits per heavy atom. The monoisotopic (exact) mass is 413 g/mol. The van der Waals surface area contributed by atoms with Crippen molar-refractivity contribution in [2.45, 2.75) is 25.9 Å². The molecule has 3 aromatic rings. The number of nitrogens with zero attached hydrogens (tertiary/aromatic N) is 2. The first-order chi connectivity index (χ1) is 12.7. The van der Waals surface area contributed by atoms with Crippen LogP contribution in [0.15, 0.2) is 29.8 Å². The quantitative estimate of drug-likeness (QED) is 0.549. The first-order valence-electron chi connectivity index (χ1n) is 7.79. The van der Waals surface area contributed by atoms with Crippen molar-refractivity contribution >= 4 is 39.6 Å². The van der Waals surface area contributed by atoms with E-state index >= 15 is 0 Å². The number of rotatable bonds is 5. The number of anilines is 2. The van der Waals surface area contributed by atoms with E-state index in [1.165, 1.54) is 22.7 Å². The van der Waals surface area contributed by atoms with Gasteiger partial charge < -0.3 is 10.4 Å². The molecule has 0 fully saturated rings. The molecule has 0 aliphatic rings. The van der Waals surface area contributed by atoms with E-state index in [0.717, 1.165) is 15.4 Å². The zero-order chi connectivity index (χ0) is 19.8. The largest absolute Gasteiger partial charge is 0.478 e. The van der Waals surface area contributed by atoms with E-state index in [0.29, 0.717) is 17.4 Å². The lowest BCUT2D eigenvalue weighted by molar-refractivity contribution is -0.137. The molecular weight excluding hydrogens is 399 g/mol. The Morgan fingerprint density at radius 1 is 1.33 bits per heavy atom. The van der Waals surface area contributed by atoms with Crippen molar-refractivity contribution in [1.29, 1.82) is 0 Å². The second-order valence-electron chi connectivity index (χ2n) is 5.91. The van der Waals surface area contributed by atoms with Crippen LogP contribution in [0.2, 0.25) is 0 Å². The summed E-state index contributed by atoms with van der Waals surface area (Å²) in [6.07, 6.45) is -4.07. The van der Waals surface area contributed by atoms with Gasteiger partial charge in [-0.25, -0.2) is 14.8 Å². The number of carboxylic acids is 1. The van der Waals surface area contributed by atoms with Crippen LogP contribution < -0.4 is 5.32 Å². The van der Waals surface area contributed by atoms with Crippen molar-refractivity contribution in [2.75, 3.05) is 5.32 Å². The fourth-order valence-electron chi connectivity index (χ4n) is 2.35. The highest BCUT2D eigenvalue weighted by atomic mass is 32.1. The van der Waals surface area contributed by atoms with Gasteiger partial charge in [0.05, 0.1) is 16.1 Å². The molecule has 0 spiro atoms. The summed E-state index contributed by atoms with van der Waals surface area (Å²) >= 11 is 2.84. The summed E-state index contributed by atoms with van der Waals surface area (Å²) < 4.78 is 38.5. The number of thiazole rings is 1. The molecule has 0 aromatic carbocycles. The third kappa shape index (κ3) is 4.11. The summed E-state index contributed by atoms with van der Waals surface area (Å²) in [6.45, 7) is 4.01. The van der Waals surface area contributed by atoms with Gasteiger partial charge in [-0.1, -0.05) is 19.9 Å². The molecule has 3 aromatic heterocycles. The van der Waals surface area contributed by atoms with Crippen molar-refractivity contribution in [3.63, 3.8) is 0 Å². The van der Waals surface area contributed by atoms with Crippen LogP contribution in [-0.4, -0.2) is 21.0 Å². The predicted molar refractivity (Wildman–Crippen MR) is 99.0 cm³/mol. The maximum atomic E-state index is 12.8. The van der Waals surface area contributed by atoms with E-state index in [4.69, 9.17) is 0 Å². The average molecular weight is 413 g/mol. The molecule has 10 heteroatoms. The van der Waals surface area contributed by atoms with Crippen LogP contribution in [0.25, 0.3) is 10.6 Å². The fourth-order valence-corrected chi connectivity index (χ4v) is 4.12. The van der Waals surface area contributed by atoms with Crippen molar-refractivity contribution in [2.24, 2.45) is 0 Å². The van der Waals surface area contributed by atoms with Gasteiger partial charge in [0.15, 0.2) is 5.13 Å². The Labute approximate surface area is 160 Å². The van der Waals surface area contributed by atoms with E-state index in [1.54, 1.807) is 0 Å². The summed E-state index contributed by atoms with van der Waals surface area (Å²) in [5, 5.41) is 14.3. The molecule has 0 radical (unpaired) electrons. The summed E-state index contributed by atoms with van der Waals surface area (Å²) in [4.78, 5) is 21.5. The lowest BCUT2D eigenvalue weighted by atomic mass is 10.1. The highest BCUT2D eigenvalue weighted by Gasteiger charge is 2.32. The minimum absolute atomic E-state index is 0.176. The molecule has 0 saturated carbocycles. The molecule has 0 aliphatic carbocycles. The summed E-state index contributed by atoms with van der Waals surface area (Å²) in [5.41, 5.74) is -0.910. The molecule has 2 N–H and O–H groups in total. The Bertz CT molecular complexity index is 966. The lowest BCUT2D eigenvalue weighted by Crippen LogP contribution is -2.11. The first-order valence-corrected chi connectivity index (χ1v) is 9.48. The molecule has 0 atom stereocenters. The number of carbonyl (C=O) groups is 1.